The summed E-state index contributed by atoms with van der Waals surface area (Å²) in [5.74, 6) is 0.404. The van der Waals surface area contributed by atoms with E-state index in [2.05, 4.69) is 20.2 Å². The molecule has 0 N–H and O–H groups in total. The summed E-state index contributed by atoms with van der Waals surface area (Å²) in [5.41, 5.74) is 4.92. The Morgan fingerprint density at radius 2 is 1.79 bits per heavy atom. The maximum atomic E-state index is 13.2. The molecule has 8 heteroatoms. The lowest BCUT2D eigenvalue weighted by Gasteiger charge is -2.06. The second kappa shape index (κ2) is 7.16. The molecule has 6 nitrogen and oxygen atoms in total. The lowest BCUT2D eigenvalue weighted by atomic mass is 10.1. The van der Waals surface area contributed by atoms with Crippen LogP contribution >= 0.6 is 11.6 Å². The zero-order chi connectivity index (χ0) is 19.8. The Bertz CT molecular complexity index is 1150. The summed E-state index contributed by atoms with van der Waals surface area (Å²) in [5, 5.41) is 9.50. The largest absolute Gasteiger partial charge is 0.270 e. The molecule has 0 spiro atoms. The third-order valence-electron chi connectivity index (χ3n) is 4.50. The molecule has 0 atom stereocenters. The predicted molar refractivity (Wildman–Crippen MR) is 105 cm³/mol. The van der Waals surface area contributed by atoms with Crippen LogP contribution in [0.4, 0.5) is 4.39 Å². The van der Waals surface area contributed by atoms with Crippen LogP contribution in [0.1, 0.15) is 22.8 Å². The van der Waals surface area contributed by atoms with E-state index < -0.39 is 0 Å². The molecule has 0 fully saturated rings. The van der Waals surface area contributed by atoms with E-state index in [4.69, 9.17) is 11.6 Å². The van der Waals surface area contributed by atoms with Crippen molar-refractivity contribution in [2.75, 3.05) is 0 Å². The Morgan fingerprint density at radius 1 is 1.04 bits per heavy atom. The van der Waals surface area contributed by atoms with E-state index in [1.54, 1.807) is 21.5 Å². The second-order valence-corrected chi connectivity index (χ2v) is 7.00. The molecular weight excluding hydrogens is 379 g/mol. The molecule has 0 aliphatic heterocycles. The highest BCUT2D eigenvalue weighted by Crippen LogP contribution is 2.31. The normalized spacial score (nSPS) is 11.2. The fourth-order valence-electron chi connectivity index (χ4n) is 3.15. The molecule has 0 bridgehead atoms. The molecule has 0 unspecified atom stereocenters. The molecule has 4 aromatic rings. The number of benzene rings is 1. The van der Waals surface area contributed by atoms with Crippen LogP contribution in [0.25, 0.3) is 17.1 Å². The van der Waals surface area contributed by atoms with Gasteiger partial charge in [-0.3, -0.25) is 4.68 Å². The minimum atomic E-state index is -0.298. The van der Waals surface area contributed by atoms with Crippen molar-refractivity contribution >= 4 is 11.6 Å². The molecule has 0 aliphatic carbocycles. The summed E-state index contributed by atoms with van der Waals surface area (Å²) in [4.78, 5) is 8.70. The maximum absolute atomic E-state index is 13.2. The van der Waals surface area contributed by atoms with Gasteiger partial charge in [-0.15, -0.1) is 0 Å². The molecule has 142 valence electrons. The van der Waals surface area contributed by atoms with Gasteiger partial charge in [0, 0.05) is 30.8 Å². The Balaban J connectivity index is 1.67. The number of halogens is 2. The average molecular weight is 397 g/mol. The number of hydrogen-bond acceptors (Lipinski definition) is 4. The number of nitrogens with zero attached hydrogens (tertiary/aromatic N) is 6. The summed E-state index contributed by atoms with van der Waals surface area (Å²) < 4.78 is 16.7. The SMILES string of the molecule is Cc1cc(C)n(-c2cc(Cc3c(Cl)c(-c4ccc(F)cc4)nn3C)ncn2)n1. The molecule has 0 aliphatic rings. The smallest absolute Gasteiger partial charge is 0.157 e. The fraction of sp³-hybridized carbons (Fsp3) is 0.200. The van der Waals surface area contributed by atoms with Crippen LogP contribution in [0.3, 0.4) is 0 Å². The predicted octanol–water partition coefficient (Wildman–Crippen LogP) is 4.06. The first-order valence-corrected chi connectivity index (χ1v) is 9.12. The van der Waals surface area contributed by atoms with E-state index in [-0.39, 0.29) is 5.82 Å². The van der Waals surface area contributed by atoms with Crippen molar-refractivity contribution in [1.29, 1.82) is 0 Å². The van der Waals surface area contributed by atoms with E-state index in [1.165, 1.54) is 18.5 Å². The Morgan fingerprint density at radius 3 is 2.46 bits per heavy atom. The van der Waals surface area contributed by atoms with Gasteiger partial charge in [-0.2, -0.15) is 10.2 Å². The summed E-state index contributed by atoms with van der Waals surface area (Å²) >= 11 is 6.60. The van der Waals surface area contributed by atoms with Crippen molar-refractivity contribution in [3.63, 3.8) is 0 Å². The number of aromatic nitrogens is 6. The highest BCUT2D eigenvalue weighted by molar-refractivity contribution is 6.33. The third kappa shape index (κ3) is 3.41. The van der Waals surface area contributed by atoms with Crippen molar-refractivity contribution in [2.24, 2.45) is 7.05 Å². The molecule has 0 saturated heterocycles. The van der Waals surface area contributed by atoms with E-state index in [0.29, 0.717) is 23.0 Å². The van der Waals surface area contributed by atoms with Crippen LogP contribution in [0.2, 0.25) is 5.02 Å². The van der Waals surface area contributed by atoms with Gasteiger partial charge in [0.2, 0.25) is 0 Å². The number of rotatable bonds is 4. The van der Waals surface area contributed by atoms with E-state index >= 15 is 0 Å². The highest BCUT2D eigenvalue weighted by atomic mass is 35.5. The maximum Gasteiger partial charge on any atom is 0.157 e. The van der Waals surface area contributed by atoms with Crippen LogP contribution in [0.15, 0.2) is 42.7 Å². The van der Waals surface area contributed by atoms with Gasteiger partial charge in [0.05, 0.1) is 22.1 Å². The quantitative estimate of drug-likeness (QED) is 0.522. The summed E-state index contributed by atoms with van der Waals surface area (Å²) in [7, 11) is 1.83. The Labute approximate surface area is 166 Å². The van der Waals surface area contributed by atoms with Gasteiger partial charge < -0.3 is 0 Å². The minimum absolute atomic E-state index is 0.298. The highest BCUT2D eigenvalue weighted by Gasteiger charge is 2.17. The first-order valence-electron chi connectivity index (χ1n) is 8.74. The van der Waals surface area contributed by atoms with Gasteiger partial charge in [0.25, 0.3) is 0 Å². The molecule has 28 heavy (non-hydrogen) atoms. The third-order valence-corrected chi connectivity index (χ3v) is 4.90. The molecule has 1 aromatic carbocycles. The standard InChI is InChI=1S/C20H18ClFN6/c1-12-8-13(2)28(25-12)18-10-16(23-11-24-18)9-17-19(21)20(26-27(17)3)14-4-6-15(22)7-5-14/h4-8,10-11H,9H2,1-3H3. The van der Waals surface area contributed by atoms with Crippen LogP contribution in [-0.2, 0) is 13.5 Å². The topological polar surface area (TPSA) is 61.4 Å². The first kappa shape index (κ1) is 18.3. The van der Waals surface area contributed by atoms with Gasteiger partial charge in [-0.25, -0.2) is 19.0 Å². The molecule has 3 aromatic heterocycles. The van der Waals surface area contributed by atoms with Crippen molar-refractivity contribution < 1.29 is 4.39 Å². The van der Waals surface area contributed by atoms with Crippen LogP contribution < -0.4 is 0 Å². The fourth-order valence-corrected chi connectivity index (χ4v) is 3.48. The molecule has 0 saturated carbocycles. The zero-order valence-corrected chi connectivity index (χ0v) is 16.4. The number of hydrogen-bond donors (Lipinski definition) is 0. The van der Waals surface area contributed by atoms with Crippen molar-refractivity contribution in [3.05, 3.63) is 76.3 Å². The second-order valence-electron chi connectivity index (χ2n) is 6.62. The average Bonchev–Trinajstić information content (AvgIpc) is 3.15. The Kier molecular flexibility index (Phi) is 4.68. The molecule has 0 amide bonds. The minimum Gasteiger partial charge on any atom is -0.270 e. The van der Waals surface area contributed by atoms with E-state index in [9.17, 15) is 4.39 Å². The van der Waals surface area contributed by atoms with Crippen LogP contribution in [0, 0.1) is 19.7 Å². The summed E-state index contributed by atoms with van der Waals surface area (Å²) in [6.45, 7) is 3.92. The monoisotopic (exact) mass is 396 g/mol. The first-order chi connectivity index (χ1) is 13.4. The summed E-state index contributed by atoms with van der Waals surface area (Å²) in [6, 6.07) is 10.0. The van der Waals surface area contributed by atoms with Gasteiger partial charge >= 0.3 is 0 Å². The molecular formula is C20H18ClFN6. The van der Waals surface area contributed by atoms with Crippen molar-refractivity contribution in [3.8, 4) is 17.1 Å². The van der Waals surface area contributed by atoms with Gasteiger partial charge in [0.15, 0.2) is 5.82 Å². The van der Waals surface area contributed by atoms with Crippen molar-refractivity contribution in [2.45, 2.75) is 20.3 Å². The van der Waals surface area contributed by atoms with Crippen LogP contribution in [0.5, 0.6) is 0 Å². The van der Waals surface area contributed by atoms with Crippen molar-refractivity contribution in [1.82, 2.24) is 29.5 Å². The van der Waals surface area contributed by atoms with E-state index in [1.807, 2.05) is 33.0 Å². The van der Waals surface area contributed by atoms with Gasteiger partial charge in [-0.05, 0) is 44.2 Å². The Hall–Kier alpha value is -3.06. The molecule has 0 radical (unpaired) electrons. The summed E-state index contributed by atoms with van der Waals surface area (Å²) in [6.07, 6.45) is 2.00. The lowest BCUT2D eigenvalue weighted by Crippen LogP contribution is -2.06. The van der Waals surface area contributed by atoms with E-state index in [0.717, 1.165) is 28.3 Å². The number of aryl methyl sites for hydroxylation is 3. The van der Waals surface area contributed by atoms with Crippen LogP contribution in [-0.4, -0.2) is 29.5 Å². The van der Waals surface area contributed by atoms with Gasteiger partial charge in [-0.1, -0.05) is 11.6 Å². The lowest BCUT2D eigenvalue weighted by molar-refractivity contribution is 0.628. The zero-order valence-electron chi connectivity index (χ0n) is 15.7. The molecule has 4 rings (SSSR count). The molecule has 3 heterocycles. The van der Waals surface area contributed by atoms with Gasteiger partial charge in [0.1, 0.15) is 17.8 Å².